The molecule has 0 aromatic carbocycles. The van der Waals surface area contributed by atoms with Gasteiger partial charge in [0, 0.05) is 39.5 Å². The molecule has 0 spiro atoms. The van der Waals surface area contributed by atoms with Crippen molar-refractivity contribution in [3.63, 3.8) is 0 Å². The summed E-state index contributed by atoms with van der Waals surface area (Å²) in [5, 5.41) is 8.72. The Labute approximate surface area is 110 Å². The monoisotopic (exact) mass is 257 g/mol. The van der Waals surface area contributed by atoms with Gasteiger partial charge >= 0.3 is 0 Å². The van der Waals surface area contributed by atoms with Crippen LogP contribution in [0.3, 0.4) is 0 Å². The minimum absolute atomic E-state index is 0.234. The Morgan fingerprint density at radius 1 is 1.17 bits per heavy atom. The lowest BCUT2D eigenvalue weighted by Crippen LogP contribution is -2.42. The predicted molar refractivity (Wildman–Crippen MR) is 70.7 cm³/mol. The number of likely N-dealkylation sites (tertiary alicyclic amines) is 1. The first-order valence-corrected chi connectivity index (χ1v) is 7.45. The molecule has 0 aliphatic carbocycles. The summed E-state index contributed by atoms with van der Waals surface area (Å²) in [6.07, 6.45) is 7.66. The molecular weight excluding hydrogens is 230 g/mol. The Bertz CT molecular complexity index is 211. The second kappa shape index (κ2) is 8.10. The number of nitrogens with zero attached hydrogens (tertiary/aromatic N) is 1. The van der Waals surface area contributed by atoms with Gasteiger partial charge in [-0.05, 0) is 38.5 Å². The van der Waals surface area contributed by atoms with Crippen molar-refractivity contribution in [3.05, 3.63) is 0 Å². The normalized spacial score (nSPS) is 27.5. The second-order valence-electron chi connectivity index (χ2n) is 5.44. The number of hydrogen-bond donors (Lipinski definition) is 1. The van der Waals surface area contributed by atoms with Crippen LogP contribution in [-0.4, -0.2) is 61.7 Å². The van der Waals surface area contributed by atoms with Gasteiger partial charge in [0.05, 0.1) is 12.2 Å². The summed E-state index contributed by atoms with van der Waals surface area (Å²) in [5.41, 5.74) is 0. The second-order valence-corrected chi connectivity index (χ2v) is 5.44. The fourth-order valence-electron chi connectivity index (χ4n) is 2.81. The first-order valence-electron chi connectivity index (χ1n) is 7.45. The Kier molecular flexibility index (Phi) is 6.41. The minimum Gasteiger partial charge on any atom is -0.396 e. The van der Waals surface area contributed by atoms with Gasteiger partial charge < -0.3 is 19.5 Å². The van der Waals surface area contributed by atoms with Crippen molar-refractivity contribution in [1.82, 2.24) is 4.90 Å². The molecule has 2 rings (SSSR count). The van der Waals surface area contributed by atoms with E-state index < -0.39 is 0 Å². The topological polar surface area (TPSA) is 41.9 Å². The third-order valence-corrected chi connectivity index (χ3v) is 3.93. The molecule has 1 atom stereocenters. The maximum Gasteiger partial charge on any atom is 0.0702 e. The third kappa shape index (κ3) is 4.84. The average molecular weight is 257 g/mol. The van der Waals surface area contributed by atoms with E-state index in [1.54, 1.807) is 0 Å². The number of hydrogen-bond acceptors (Lipinski definition) is 4. The van der Waals surface area contributed by atoms with Gasteiger partial charge in [-0.1, -0.05) is 0 Å². The molecule has 2 saturated heterocycles. The molecule has 2 aliphatic heterocycles. The van der Waals surface area contributed by atoms with Crippen LogP contribution in [0.5, 0.6) is 0 Å². The van der Waals surface area contributed by atoms with Gasteiger partial charge in [-0.25, -0.2) is 0 Å². The summed E-state index contributed by atoms with van der Waals surface area (Å²) in [6.45, 7) is 5.24. The molecule has 106 valence electrons. The molecule has 1 unspecified atom stereocenters. The predicted octanol–water partition coefficient (Wildman–Crippen LogP) is 1.42. The van der Waals surface area contributed by atoms with E-state index in [1.165, 1.54) is 19.3 Å². The maximum atomic E-state index is 8.72. The molecule has 18 heavy (non-hydrogen) atoms. The van der Waals surface area contributed by atoms with E-state index in [4.69, 9.17) is 14.6 Å². The Hall–Kier alpha value is -0.160. The van der Waals surface area contributed by atoms with Crippen LogP contribution in [-0.2, 0) is 9.47 Å². The van der Waals surface area contributed by atoms with E-state index in [1.807, 2.05) is 0 Å². The molecule has 2 fully saturated rings. The number of ether oxygens (including phenoxy) is 2. The fourth-order valence-corrected chi connectivity index (χ4v) is 2.81. The quantitative estimate of drug-likeness (QED) is 0.731. The largest absolute Gasteiger partial charge is 0.396 e. The number of piperidine rings is 1. The molecule has 1 N–H and O–H groups in total. The highest BCUT2D eigenvalue weighted by Crippen LogP contribution is 2.18. The van der Waals surface area contributed by atoms with E-state index in [0.717, 1.165) is 45.5 Å². The van der Waals surface area contributed by atoms with E-state index in [0.29, 0.717) is 18.8 Å². The van der Waals surface area contributed by atoms with Gasteiger partial charge in [-0.15, -0.1) is 0 Å². The molecule has 4 heteroatoms. The highest BCUT2D eigenvalue weighted by molar-refractivity contribution is 4.76. The number of rotatable bonds is 6. The minimum atomic E-state index is 0.234. The van der Waals surface area contributed by atoms with E-state index in [-0.39, 0.29) is 6.61 Å². The first kappa shape index (κ1) is 14.3. The van der Waals surface area contributed by atoms with Crippen LogP contribution in [0.15, 0.2) is 0 Å². The van der Waals surface area contributed by atoms with Crippen LogP contribution in [0.2, 0.25) is 0 Å². The lowest BCUT2D eigenvalue weighted by Gasteiger charge is -2.35. The van der Waals surface area contributed by atoms with Crippen molar-refractivity contribution in [3.8, 4) is 0 Å². The van der Waals surface area contributed by atoms with Crippen LogP contribution in [0.25, 0.3) is 0 Å². The van der Waals surface area contributed by atoms with E-state index in [2.05, 4.69) is 4.90 Å². The molecule has 2 heterocycles. The van der Waals surface area contributed by atoms with Crippen molar-refractivity contribution in [2.24, 2.45) is 0 Å². The van der Waals surface area contributed by atoms with Gasteiger partial charge in [0.1, 0.15) is 0 Å². The van der Waals surface area contributed by atoms with Gasteiger partial charge in [-0.3, -0.25) is 0 Å². The summed E-state index contributed by atoms with van der Waals surface area (Å²) in [4.78, 5) is 2.52. The highest BCUT2D eigenvalue weighted by atomic mass is 16.5. The summed E-state index contributed by atoms with van der Waals surface area (Å²) in [7, 11) is 0. The number of aliphatic hydroxyl groups excluding tert-OH is 1. The highest BCUT2D eigenvalue weighted by Gasteiger charge is 2.23. The smallest absolute Gasteiger partial charge is 0.0702 e. The van der Waals surface area contributed by atoms with Crippen LogP contribution in [0, 0.1) is 0 Å². The molecule has 0 radical (unpaired) electrons. The lowest BCUT2D eigenvalue weighted by atomic mass is 10.0. The van der Waals surface area contributed by atoms with Gasteiger partial charge in [0.2, 0.25) is 0 Å². The zero-order valence-corrected chi connectivity index (χ0v) is 11.4. The average Bonchev–Trinajstić information content (AvgIpc) is 2.42. The summed E-state index contributed by atoms with van der Waals surface area (Å²) < 4.78 is 11.5. The molecule has 0 saturated carbocycles. The van der Waals surface area contributed by atoms with Crippen LogP contribution in [0.4, 0.5) is 0 Å². The van der Waals surface area contributed by atoms with Crippen LogP contribution < -0.4 is 0 Å². The maximum absolute atomic E-state index is 8.72. The zero-order valence-electron chi connectivity index (χ0n) is 11.4. The Balaban J connectivity index is 1.57. The van der Waals surface area contributed by atoms with Gasteiger partial charge in [-0.2, -0.15) is 0 Å². The molecule has 0 bridgehead atoms. The summed E-state index contributed by atoms with van der Waals surface area (Å²) >= 11 is 0. The lowest BCUT2D eigenvalue weighted by molar-refractivity contribution is -0.0318. The SMILES string of the molecule is OCCCOC1CCN(CC2CCCCO2)CC1. The Morgan fingerprint density at radius 2 is 2.00 bits per heavy atom. The molecule has 2 aliphatic rings. The van der Waals surface area contributed by atoms with Crippen molar-refractivity contribution in [2.75, 3.05) is 39.5 Å². The standard InChI is InChI=1S/C14H27NO3/c16-9-3-11-17-13-5-7-15(8-6-13)12-14-4-1-2-10-18-14/h13-14,16H,1-12H2. The van der Waals surface area contributed by atoms with E-state index >= 15 is 0 Å². The van der Waals surface area contributed by atoms with Gasteiger partial charge in [0.25, 0.3) is 0 Å². The number of aliphatic hydroxyl groups is 1. The molecule has 0 amide bonds. The zero-order chi connectivity index (χ0) is 12.6. The van der Waals surface area contributed by atoms with Crippen molar-refractivity contribution < 1.29 is 14.6 Å². The molecule has 4 nitrogen and oxygen atoms in total. The first-order chi connectivity index (χ1) is 8.88. The summed E-state index contributed by atoms with van der Waals surface area (Å²) in [5.74, 6) is 0. The van der Waals surface area contributed by atoms with E-state index in [9.17, 15) is 0 Å². The van der Waals surface area contributed by atoms with Crippen molar-refractivity contribution >= 4 is 0 Å². The van der Waals surface area contributed by atoms with Crippen molar-refractivity contribution in [1.29, 1.82) is 0 Å². The molecule has 0 aromatic rings. The van der Waals surface area contributed by atoms with Crippen LogP contribution >= 0.6 is 0 Å². The molecule has 0 aromatic heterocycles. The summed E-state index contributed by atoms with van der Waals surface area (Å²) in [6, 6.07) is 0. The van der Waals surface area contributed by atoms with Crippen molar-refractivity contribution in [2.45, 2.75) is 50.7 Å². The molecular formula is C14H27NO3. The Morgan fingerprint density at radius 3 is 2.67 bits per heavy atom. The third-order valence-electron chi connectivity index (χ3n) is 3.93. The van der Waals surface area contributed by atoms with Crippen LogP contribution in [0.1, 0.15) is 38.5 Å². The fraction of sp³-hybridized carbons (Fsp3) is 1.00. The van der Waals surface area contributed by atoms with Gasteiger partial charge in [0.15, 0.2) is 0 Å².